The maximum absolute atomic E-state index is 11.6. The zero-order chi connectivity index (χ0) is 15.0. The van der Waals surface area contributed by atoms with Crippen LogP contribution in [-0.4, -0.2) is 47.6 Å². The molecule has 0 aromatic carbocycles. The third kappa shape index (κ3) is 6.89. The number of rotatable bonds is 8. The van der Waals surface area contributed by atoms with Gasteiger partial charge in [0.25, 0.3) is 0 Å². The van der Waals surface area contributed by atoms with Gasteiger partial charge in [-0.25, -0.2) is 0 Å². The van der Waals surface area contributed by atoms with Gasteiger partial charge in [-0.05, 0) is 38.6 Å². The first-order valence-corrected chi connectivity index (χ1v) is 7.71. The molecule has 0 bridgehead atoms. The van der Waals surface area contributed by atoms with Crippen molar-refractivity contribution in [2.24, 2.45) is 5.92 Å². The van der Waals surface area contributed by atoms with Gasteiger partial charge in [-0.3, -0.25) is 9.59 Å². The Morgan fingerprint density at radius 3 is 2.75 bits per heavy atom. The molecular formula is C15H28N2O3. The monoisotopic (exact) mass is 284 g/mol. The number of likely N-dealkylation sites (tertiary alicyclic amines) is 1. The predicted molar refractivity (Wildman–Crippen MR) is 78.5 cm³/mol. The highest BCUT2D eigenvalue weighted by Gasteiger charge is 2.17. The molecule has 0 saturated carbocycles. The van der Waals surface area contributed by atoms with Gasteiger partial charge in [0, 0.05) is 32.0 Å². The van der Waals surface area contributed by atoms with Crippen molar-refractivity contribution in [3.8, 4) is 0 Å². The molecule has 0 aromatic rings. The number of carboxylic acids is 1. The first-order valence-electron chi connectivity index (χ1n) is 7.71. The number of nitrogens with zero attached hydrogens (tertiary/aromatic N) is 1. The number of aliphatic carboxylic acids is 1. The van der Waals surface area contributed by atoms with Gasteiger partial charge in [-0.2, -0.15) is 0 Å². The number of hydrogen-bond donors (Lipinski definition) is 2. The summed E-state index contributed by atoms with van der Waals surface area (Å²) in [6.07, 6.45) is 5.20. The van der Waals surface area contributed by atoms with E-state index in [9.17, 15) is 9.59 Å². The highest BCUT2D eigenvalue weighted by Crippen LogP contribution is 2.16. The first-order chi connectivity index (χ1) is 9.49. The largest absolute Gasteiger partial charge is 0.481 e. The Bertz CT molecular complexity index is 320. The molecule has 1 rings (SSSR count). The van der Waals surface area contributed by atoms with E-state index in [1.165, 1.54) is 25.8 Å². The van der Waals surface area contributed by atoms with Crippen molar-refractivity contribution >= 4 is 11.9 Å². The van der Waals surface area contributed by atoms with Gasteiger partial charge in [-0.15, -0.1) is 0 Å². The topological polar surface area (TPSA) is 69.6 Å². The van der Waals surface area contributed by atoms with Crippen LogP contribution in [0.15, 0.2) is 0 Å². The van der Waals surface area contributed by atoms with Crippen LogP contribution in [0.2, 0.25) is 0 Å². The van der Waals surface area contributed by atoms with Crippen LogP contribution in [0.4, 0.5) is 0 Å². The molecule has 2 unspecified atom stereocenters. The van der Waals surface area contributed by atoms with Gasteiger partial charge in [0.2, 0.25) is 5.91 Å². The number of nitrogens with one attached hydrogen (secondary N) is 1. The lowest BCUT2D eigenvalue weighted by Crippen LogP contribution is -2.39. The van der Waals surface area contributed by atoms with Crippen LogP contribution in [0.5, 0.6) is 0 Å². The number of amides is 1. The summed E-state index contributed by atoms with van der Waals surface area (Å²) in [5, 5.41) is 11.5. The van der Waals surface area contributed by atoms with Crippen molar-refractivity contribution in [3.05, 3.63) is 0 Å². The summed E-state index contributed by atoms with van der Waals surface area (Å²) >= 11 is 0. The molecule has 0 radical (unpaired) electrons. The van der Waals surface area contributed by atoms with Gasteiger partial charge in [0.15, 0.2) is 0 Å². The molecule has 5 nitrogen and oxygen atoms in total. The lowest BCUT2D eigenvalue weighted by molar-refractivity contribution is -0.138. The second-order valence-corrected chi connectivity index (χ2v) is 5.99. The van der Waals surface area contributed by atoms with E-state index in [4.69, 9.17) is 5.11 Å². The fourth-order valence-corrected chi connectivity index (χ4v) is 2.76. The zero-order valence-corrected chi connectivity index (χ0v) is 12.7. The van der Waals surface area contributed by atoms with Crippen LogP contribution in [0.3, 0.4) is 0 Å². The minimum atomic E-state index is -0.843. The van der Waals surface area contributed by atoms with Gasteiger partial charge in [0.05, 0.1) is 0 Å². The van der Waals surface area contributed by atoms with E-state index in [2.05, 4.69) is 17.1 Å². The predicted octanol–water partition coefficient (Wildman–Crippen LogP) is 1.87. The van der Waals surface area contributed by atoms with Crippen molar-refractivity contribution < 1.29 is 14.7 Å². The third-order valence-corrected chi connectivity index (χ3v) is 3.94. The molecular weight excluding hydrogens is 256 g/mol. The first kappa shape index (κ1) is 17.0. The number of carboxylic acid groups (broad SMARTS) is 1. The Kier molecular flexibility index (Phi) is 7.59. The van der Waals surface area contributed by atoms with Crippen molar-refractivity contribution in [1.82, 2.24) is 10.2 Å². The third-order valence-electron chi connectivity index (χ3n) is 3.94. The molecule has 1 amide bonds. The van der Waals surface area contributed by atoms with Crippen LogP contribution >= 0.6 is 0 Å². The molecule has 1 aliphatic rings. The molecule has 0 aromatic heterocycles. The lowest BCUT2D eigenvalue weighted by atomic mass is 10.0. The van der Waals surface area contributed by atoms with Crippen LogP contribution in [0.25, 0.3) is 0 Å². The second-order valence-electron chi connectivity index (χ2n) is 5.99. The normalized spacial score (nSPS) is 21.4. The Morgan fingerprint density at radius 1 is 1.35 bits per heavy atom. The highest BCUT2D eigenvalue weighted by atomic mass is 16.4. The average Bonchev–Trinajstić information content (AvgIpc) is 2.35. The molecule has 0 spiro atoms. The zero-order valence-electron chi connectivity index (χ0n) is 12.7. The molecule has 1 heterocycles. The van der Waals surface area contributed by atoms with Crippen LogP contribution in [0.1, 0.15) is 52.4 Å². The Hall–Kier alpha value is -1.10. The summed E-state index contributed by atoms with van der Waals surface area (Å²) in [6, 6.07) is 0.662. The number of piperidine rings is 1. The molecule has 2 N–H and O–H groups in total. The van der Waals surface area contributed by atoms with Gasteiger partial charge >= 0.3 is 5.97 Å². The van der Waals surface area contributed by atoms with Crippen molar-refractivity contribution in [2.45, 2.75) is 58.4 Å². The van der Waals surface area contributed by atoms with Gasteiger partial charge in [-0.1, -0.05) is 13.3 Å². The quantitative estimate of drug-likeness (QED) is 0.668. The van der Waals surface area contributed by atoms with E-state index in [0.717, 1.165) is 13.0 Å². The summed E-state index contributed by atoms with van der Waals surface area (Å²) < 4.78 is 0. The molecule has 5 heteroatoms. The summed E-state index contributed by atoms with van der Waals surface area (Å²) in [5.74, 6) is -0.982. The Balaban J connectivity index is 2.08. The standard InChI is InChI=1S/C15H28N2O3/c1-12(11-15(19)20)10-14(18)16-7-5-9-17-8-4-3-6-13(17)2/h12-13H,3-11H2,1-2H3,(H,16,18)(H,19,20). The van der Waals surface area contributed by atoms with E-state index >= 15 is 0 Å². The van der Waals surface area contributed by atoms with Crippen LogP contribution in [0, 0.1) is 5.92 Å². The van der Waals surface area contributed by atoms with E-state index in [1.54, 1.807) is 6.92 Å². The Labute approximate surface area is 121 Å². The van der Waals surface area contributed by atoms with E-state index in [-0.39, 0.29) is 18.2 Å². The molecule has 116 valence electrons. The molecule has 1 fully saturated rings. The van der Waals surface area contributed by atoms with Gasteiger partial charge in [0.1, 0.15) is 0 Å². The van der Waals surface area contributed by atoms with E-state index in [0.29, 0.717) is 19.0 Å². The van der Waals surface area contributed by atoms with E-state index < -0.39 is 5.97 Å². The van der Waals surface area contributed by atoms with Crippen molar-refractivity contribution in [3.63, 3.8) is 0 Å². The van der Waals surface area contributed by atoms with Crippen LogP contribution < -0.4 is 5.32 Å². The lowest BCUT2D eigenvalue weighted by Gasteiger charge is -2.33. The minimum Gasteiger partial charge on any atom is -0.481 e. The average molecular weight is 284 g/mol. The van der Waals surface area contributed by atoms with Crippen molar-refractivity contribution in [1.29, 1.82) is 0 Å². The fourth-order valence-electron chi connectivity index (χ4n) is 2.76. The van der Waals surface area contributed by atoms with Crippen LogP contribution in [-0.2, 0) is 9.59 Å². The maximum Gasteiger partial charge on any atom is 0.303 e. The summed E-state index contributed by atoms with van der Waals surface area (Å²) in [6.45, 7) is 6.95. The SMILES string of the molecule is CC(CC(=O)O)CC(=O)NCCCN1CCCCC1C. The minimum absolute atomic E-state index is 0.0366. The molecule has 2 atom stereocenters. The number of hydrogen-bond acceptors (Lipinski definition) is 3. The maximum atomic E-state index is 11.6. The van der Waals surface area contributed by atoms with Crippen molar-refractivity contribution in [2.75, 3.05) is 19.6 Å². The summed E-state index contributed by atoms with van der Waals surface area (Å²) in [4.78, 5) is 24.6. The number of carbonyl (C=O) groups excluding carboxylic acids is 1. The number of carbonyl (C=O) groups is 2. The van der Waals surface area contributed by atoms with Gasteiger partial charge < -0.3 is 15.3 Å². The second kappa shape index (κ2) is 8.95. The van der Waals surface area contributed by atoms with E-state index in [1.807, 2.05) is 0 Å². The molecule has 1 aliphatic heterocycles. The summed E-state index contributed by atoms with van der Waals surface area (Å²) in [7, 11) is 0. The smallest absolute Gasteiger partial charge is 0.303 e. The molecule has 1 saturated heterocycles. The fraction of sp³-hybridized carbons (Fsp3) is 0.867. The molecule has 20 heavy (non-hydrogen) atoms. The summed E-state index contributed by atoms with van der Waals surface area (Å²) in [5.41, 5.74) is 0. The molecule has 0 aliphatic carbocycles. The highest BCUT2D eigenvalue weighted by molar-refractivity contribution is 5.77. The Morgan fingerprint density at radius 2 is 2.10 bits per heavy atom.